The van der Waals surface area contributed by atoms with Crippen LogP contribution in [0.15, 0.2) is 5.34 Å². The molecule has 5 nitrogen and oxygen atoms in total. The first-order chi connectivity index (χ1) is 4.41. The molecule has 0 aromatic heterocycles. The van der Waals surface area contributed by atoms with Crippen LogP contribution in [0.5, 0.6) is 0 Å². The topological polar surface area (TPSA) is 67.8 Å². The molecule has 53 valence electrons. The van der Waals surface area contributed by atoms with Crippen molar-refractivity contribution in [2.24, 2.45) is 5.34 Å². The van der Waals surface area contributed by atoms with Crippen LogP contribution in [0.3, 0.4) is 0 Å². The number of nitrogens with zero attached hydrogens (tertiary/aromatic N) is 1. The highest BCUT2D eigenvalue weighted by atomic mass is 16.6. The van der Waals surface area contributed by atoms with Crippen LogP contribution in [0.2, 0.25) is 0 Å². The van der Waals surface area contributed by atoms with Crippen molar-refractivity contribution in [1.82, 2.24) is 0 Å². The molecule has 0 aromatic carbocycles. The lowest BCUT2D eigenvalue weighted by Gasteiger charge is -2.09. The van der Waals surface area contributed by atoms with Crippen LogP contribution < -0.4 is 0 Å². The van der Waals surface area contributed by atoms with Crippen molar-refractivity contribution >= 4 is 0 Å². The van der Waals surface area contributed by atoms with E-state index in [2.05, 4.69) is 0 Å². The third kappa shape index (κ3) is 7.32. The summed E-state index contributed by atoms with van der Waals surface area (Å²) in [7, 11) is 0. The molecule has 5 heteroatoms. The van der Waals surface area contributed by atoms with Crippen LogP contribution in [-0.4, -0.2) is 26.4 Å². The monoisotopic (exact) mass is 134 g/mol. The summed E-state index contributed by atoms with van der Waals surface area (Å²) in [5, 5.41) is 9.00. The van der Waals surface area contributed by atoms with Crippen molar-refractivity contribution in [1.29, 1.82) is 0 Å². The van der Waals surface area contributed by atoms with Gasteiger partial charge in [-0.2, -0.15) is 0 Å². The van der Waals surface area contributed by atoms with E-state index in [1.54, 1.807) is 0 Å². The Kier molecular flexibility index (Phi) is 6.77. The summed E-state index contributed by atoms with van der Waals surface area (Å²) in [4.78, 5) is 8.00. The van der Waals surface area contributed by atoms with Crippen LogP contribution in [0.4, 0.5) is 0 Å². The van der Waals surface area contributed by atoms with Gasteiger partial charge in [0.15, 0.2) is 0 Å². The lowest BCUT2D eigenvalue weighted by Crippen LogP contribution is -2.16. The molecule has 0 aromatic rings. The van der Waals surface area contributed by atoms with Crippen molar-refractivity contribution in [2.45, 2.75) is 0 Å². The molecule has 1 heterocycles. The second-order valence-electron chi connectivity index (χ2n) is 1.30. The second kappa shape index (κ2) is 7.32. The summed E-state index contributed by atoms with van der Waals surface area (Å²) in [6, 6.07) is 0. The van der Waals surface area contributed by atoms with E-state index in [0.29, 0.717) is 0 Å². The standard InChI is InChI=1S/C4H8O2.NO2/c1-2-6-4-3-5-1;2-1-3/h1-4H2;. The van der Waals surface area contributed by atoms with Crippen LogP contribution in [0, 0.1) is 4.91 Å². The van der Waals surface area contributed by atoms with Gasteiger partial charge in [0.1, 0.15) is 0 Å². The number of ether oxygens (including phenoxy) is 2. The molecule has 1 radical (unpaired) electrons. The van der Waals surface area contributed by atoms with Gasteiger partial charge in [-0.1, -0.05) is 0 Å². The zero-order chi connectivity index (χ0) is 6.95. The Morgan fingerprint density at radius 2 is 1.22 bits per heavy atom. The van der Waals surface area contributed by atoms with E-state index in [9.17, 15) is 0 Å². The van der Waals surface area contributed by atoms with Gasteiger partial charge in [-0.05, 0) is 0 Å². The Balaban J connectivity index is 0.000000187. The first-order valence-electron chi connectivity index (χ1n) is 2.52. The quantitative estimate of drug-likeness (QED) is 0.349. The zero-order valence-electron chi connectivity index (χ0n) is 4.91. The van der Waals surface area contributed by atoms with Crippen LogP contribution in [0.1, 0.15) is 0 Å². The largest absolute Gasteiger partial charge is 0.377 e. The molecular formula is C4H8NO4. The Hall–Kier alpha value is -0.680. The second-order valence-corrected chi connectivity index (χ2v) is 1.30. The molecule has 0 unspecified atom stereocenters. The fourth-order valence-electron chi connectivity index (χ4n) is 0.440. The van der Waals surface area contributed by atoms with Gasteiger partial charge in [0.2, 0.25) is 5.34 Å². The van der Waals surface area contributed by atoms with Gasteiger partial charge in [-0.3, -0.25) is 0 Å². The predicted octanol–water partition coefficient (Wildman–Crippen LogP) is 0.132. The highest BCUT2D eigenvalue weighted by molar-refractivity contribution is 4.37. The van der Waals surface area contributed by atoms with Crippen LogP contribution >= 0.6 is 0 Å². The van der Waals surface area contributed by atoms with Gasteiger partial charge in [-0.25, -0.2) is 0 Å². The number of hydrogen-bond donors (Lipinski definition) is 0. The first-order valence-corrected chi connectivity index (χ1v) is 2.52. The fourth-order valence-corrected chi connectivity index (χ4v) is 0.440. The minimum atomic E-state index is 0.778. The molecule has 0 spiro atoms. The third-order valence-electron chi connectivity index (χ3n) is 0.744. The van der Waals surface area contributed by atoms with Gasteiger partial charge < -0.3 is 9.47 Å². The average Bonchev–Trinajstić information content (AvgIpc) is 1.93. The lowest BCUT2D eigenvalue weighted by molar-refractivity contribution is -0.0334. The summed E-state index contributed by atoms with van der Waals surface area (Å²) in [6.45, 7) is 3.11. The maximum atomic E-state index is 8.00. The molecule has 0 amide bonds. The lowest BCUT2D eigenvalue weighted by atomic mass is 10.6. The summed E-state index contributed by atoms with van der Waals surface area (Å²) >= 11 is 0. The summed E-state index contributed by atoms with van der Waals surface area (Å²) in [5.41, 5.74) is 0. The first kappa shape index (κ1) is 8.32. The smallest absolute Gasteiger partial charge is 0.204 e. The van der Waals surface area contributed by atoms with Crippen molar-refractivity contribution in [3.8, 4) is 0 Å². The zero-order valence-corrected chi connectivity index (χ0v) is 4.91. The minimum absolute atomic E-state index is 0.778. The van der Waals surface area contributed by atoms with Gasteiger partial charge in [0, 0.05) is 0 Å². The highest BCUT2D eigenvalue weighted by Crippen LogP contribution is 1.85. The van der Waals surface area contributed by atoms with E-state index in [1.165, 1.54) is 0 Å². The normalized spacial score (nSPS) is 17.3. The van der Waals surface area contributed by atoms with E-state index >= 15 is 0 Å². The van der Waals surface area contributed by atoms with Crippen molar-refractivity contribution in [2.75, 3.05) is 26.4 Å². The maximum Gasteiger partial charge on any atom is 0.204 e. The van der Waals surface area contributed by atoms with Gasteiger partial charge in [-0.15, -0.1) is 10.1 Å². The molecule has 0 saturated carbocycles. The average molecular weight is 134 g/mol. The maximum absolute atomic E-state index is 8.00. The van der Waals surface area contributed by atoms with Crippen molar-refractivity contribution < 1.29 is 14.7 Å². The molecule has 0 aliphatic carbocycles. The van der Waals surface area contributed by atoms with E-state index in [-0.39, 0.29) is 0 Å². The van der Waals surface area contributed by atoms with E-state index in [1.807, 2.05) is 0 Å². The van der Waals surface area contributed by atoms with Crippen molar-refractivity contribution in [3.63, 3.8) is 0 Å². The van der Waals surface area contributed by atoms with Crippen molar-refractivity contribution in [3.05, 3.63) is 4.91 Å². The summed E-state index contributed by atoms with van der Waals surface area (Å²) in [6.07, 6.45) is 0. The highest BCUT2D eigenvalue weighted by Gasteiger charge is 1.94. The van der Waals surface area contributed by atoms with E-state index < -0.39 is 0 Å². The predicted molar refractivity (Wildman–Crippen MR) is 28.1 cm³/mol. The number of hydrogen-bond acceptors (Lipinski definition) is 4. The van der Waals surface area contributed by atoms with E-state index in [4.69, 9.17) is 19.6 Å². The Bertz CT molecular complexity index is 52.1. The molecular weight excluding hydrogens is 126 g/mol. The van der Waals surface area contributed by atoms with Gasteiger partial charge in [0.05, 0.1) is 26.4 Å². The Labute approximate surface area is 52.5 Å². The third-order valence-corrected chi connectivity index (χ3v) is 0.744. The molecule has 0 atom stereocenters. The summed E-state index contributed by atoms with van der Waals surface area (Å²) in [5.74, 6) is 0. The Morgan fingerprint density at radius 3 is 1.33 bits per heavy atom. The molecule has 1 aliphatic rings. The molecule has 9 heavy (non-hydrogen) atoms. The van der Waals surface area contributed by atoms with Gasteiger partial charge in [0.25, 0.3) is 0 Å². The minimum Gasteiger partial charge on any atom is -0.377 e. The Morgan fingerprint density at radius 1 is 1.00 bits per heavy atom. The molecule has 1 aliphatic heterocycles. The molecule has 0 bridgehead atoms. The molecule has 1 fully saturated rings. The van der Waals surface area contributed by atoms with E-state index in [0.717, 1.165) is 31.8 Å². The molecule has 1 saturated heterocycles. The molecule has 0 N–H and O–H groups in total. The van der Waals surface area contributed by atoms with Crippen LogP contribution in [-0.2, 0) is 14.7 Å². The summed E-state index contributed by atoms with van der Waals surface area (Å²) < 4.78 is 9.89. The fraction of sp³-hybridized carbons (Fsp3) is 1.00. The van der Waals surface area contributed by atoms with Gasteiger partial charge >= 0.3 is 0 Å². The SMILES string of the molecule is C1COCCO1.[O]N=O. The number of rotatable bonds is 0. The van der Waals surface area contributed by atoms with Crippen LogP contribution in [0.25, 0.3) is 0 Å². The molecule has 1 rings (SSSR count).